The third kappa shape index (κ3) is 4.74. The second kappa shape index (κ2) is 8.09. The van der Waals surface area contributed by atoms with Gasteiger partial charge in [-0.25, -0.2) is 0 Å². The Hall–Kier alpha value is -2.76. The molecule has 1 saturated carbocycles. The van der Waals surface area contributed by atoms with Crippen molar-refractivity contribution in [2.75, 3.05) is 13.2 Å². The topological polar surface area (TPSA) is 69.7 Å². The summed E-state index contributed by atoms with van der Waals surface area (Å²) in [6.07, 6.45) is 4.96. The number of fused-ring (bicyclic) bond motifs is 1. The molecule has 2 atom stereocenters. The lowest BCUT2D eigenvalue weighted by Gasteiger charge is -2.14. The maximum atomic E-state index is 11.0. The highest BCUT2D eigenvalue weighted by atomic mass is 16.5. The third-order valence-corrected chi connectivity index (χ3v) is 4.93. The van der Waals surface area contributed by atoms with Crippen LogP contribution in [0, 0.1) is 5.92 Å². The zero-order valence-corrected chi connectivity index (χ0v) is 16.3. The van der Waals surface area contributed by atoms with Crippen molar-refractivity contribution in [2.24, 2.45) is 5.92 Å². The minimum Gasteiger partial charge on any atom is -0.493 e. The van der Waals surface area contributed by atoms with E-state index in [-0.39, 0.29) is 18.1 Å². The Balaban J connectivity index is 1.32. The zero-order chi connectivity index (χ0) is 19.5. The molecule has 0 saturated heterocycles. The predicted octanol–water partition coefficient (Wildman–Crippen LogP) is 3.45. The number of hydrogen-bond donors (Lipinski definition) is 1. The fraction of sp³-hybridized carbons (Fsp3) is 0.455. The number of nitrogens with zero attached hydrogens (tertiary/aromatic N) is 1. The largest absolute Gasteiger partial charge is 0.493 e. The van der Waals surface area contributed by atoms with Gasteiger partial charge in [0.05, 0.1) is 24.5 Å². The van der Waals surface area contributed by atoms with E-state index in [0.29, 0.717) is 12.4 Å². The Kier molecular flexibility index (Phi) is 5.37. The van der Waals surface area contributed by atoms with E-state index in [0.717, 1.165) is 36.1 Å². The van der Waals surface area contributed by atoms with Gasteiger partial charge in [0.15, 0.2) is 0 Å². The first-order valence-electron chi connectivity index (χ1n) is 9.85. The van der Waals surface area contributed by atoms with E-state index in [1.165, 1.54) is 25.3 Å². The Morgan fingerprint density at radius 1 is 1.25 bits per heavy atom. The molecule has 1 aromatic heterocycles. The van der Waals surface area contributed by atoms with E-state index in [4.69, 9.17) is 14.2 Å². The molecule has 4 rings (SSSR count). The van der Waals surface area contributed by atoms with Crippen LogP contribution in [0.4, 0.5) is 0 Å². The Bertz CT molecular complexity index is 833. The summed E-state index contributed by atoms with van der Waals surface area (Å²) in [6, 6.07) is 9.85. The van der Waals surface area contributed by atoms with Gasteiger partial charge in [-0.1, -0.05) is 6.07 Å². The first-order valence-corrected chi connectivity index (χ1v) is 9.85. The smallest absolute Gasteiger partial charge is 0.217 e. The van der Waals surface area contributed by atoms with Crippen molar-refractivity contribution in [2.45, 2.75) is 45.3 Å². The number of nitrogens with one attached hydrogen (secondary N) is 1. The molecule has 1 aromatic carbocycles. The Morgan fingerprint density at radius 3 is 2.79 bits per heavy atom. The third-order valence-electron chi connectivity index (χ3n) is 4.93. The van der Waals surface area contributed by atoms with Gasteiger partial charge in [-0.2, -0.15) is 0 Å². The second-order valence-electron chi connectivity index (χ2n) is 7.67. The SMILES string of the molecule is CC(=O)NC(C)COc1ccc(C2Cc3ccc(OCC4CC4)cc3O2)nc1. The lowest BCUT2D eigenvalue weighted by Crippen LogP contribution is -2.35. The molecule has 2 unspecified atom stereocenters. The molecular formula is C22H26N2O4. The van der Waals surface area contributed by atoms with Crippen LogP contribution in [0.2, 0.25) is 0 Å². The van der Waals surface area contributed by atoms with Crippen molar-refractivity contribution in [1.82, 2.24) is 10.3 Å². The zero-order valence-electron chi connectivity index (χ0n) is 16.3. The van der Waals surface area contributed by atoms with Crippen molar-refractivity contribution in [3.05, 3.63) is 47.8 Å². The fourth-order valence-corrected chi connectivity index (χ4v) is 3.24. The summed E-state index contributed by atoms with van der Waals surface area (Å²) < 4.78 is 17.6. The second-order valence-corrected chi connectivity index (χ2v) is 7.67. The van der Waals surface area contributed by atoms with Gasteiger partial charge in [-0.05, 0) is 49.4 Å². The van der Waals surface area contributed by atoms with Crippen molar-refractivity contribution < 1.29 is 19.0 Å². The first-order chi connectivity index (χ1) is 13.6. The average Bonchev–Trinajstić information content (AvgIpc) is 3.41. The highest BCUT2D eigenvalue weighted by molar-refractivity contribution is 5.73. The number of hydrogen-bond acceptors (Lipinski definition) is 5. The quantitative estimate of drug-likeness (QED) is 0.757. The highest BCUT2D eigenvalue weighted by Gasteiger charge is 2.27. The molecule has 2 aliphatic rings. The lowest BCUT2D eigenvalue weighted by atomic mass is 10.1. The van der Waals surface area contributed by atoms with Gasteiger partial charge >= 0.3 is 0 Å². The van der Waals surface area contributed by atoms with E-state index in [1.807, 2.05) is 31.2 Å². The van der Waals surface area contributed by atoms with Crippen LogP contribution in [-0.4, -0.2) is 30.1 Å². The van der Waals surface area contributed by atoms with Gasteiger partial charge in [0.2, 0.25) is 5.91 Å². The first kappa shape index (κ1) is 18.6. The maximum Gasteiger partial charge on any atom is 0.217 e. The van der Waals surface area contributed by atoms with Gasteiger partial charge in [0, 0.05) is 19.4 Å². The number of ether oxygens (including phenoxy) is 3. The summed E-state index contributed by atoms with van der Waals surface area (Å²) in [6.45, 7) is 4.59. The molecule has 2 heterocycles. The van der Waals surface area contributed by atoms with Gasteiger partial charge in [-0.3, -0.25) is 9.78 Å². The van der Waals surface area contributed by atoms with Crippen molar-refractivity contribution in [3.63, 3.8) is 0 Å². The average molecular weight is 382 g/mol. The number of aromatic nitrogens is 1. The Labute approximate surface area is 165 Å². The van der Waals surface area contributed by atoms with E-state index >= 15 is 0 Å². The van der Waals surface area contributed by atoms with Crippen molar-refractivity contribution >= 4 is 5.91 Å². The van der Waals surface area contributed by atoms with Crippen LogP contribution in [-0.2, 0) is 11.2 Å². The number of pyridine rings is 1. The molecule has 1 amide bonds. The standard InChI is InChI=1S/C22H26N2O4/c1-14(24-15(2)25)12-26-19-7-8-20(23-11-19)22-9-17-5-6-18(10-21(17)28-22)27-13-16-3-4-16/h5-8,10-11,14,16,22H,3-4,9,12-13H2,1-2H3,(H,24,25). The van der Waals surface area contributed by atoms with Gasteiger partial charge in [0.1, 0.15) is 30.0 Å². The van der Waals surface area contributed by atoms with Crippen molar-refractivity contribution in [1.29, 1.82) is 0 Å². The summed E-state index contributed by atoms with van der Waals surface area (Å²) in [5.41, 5.74) is 2.05. The summed E-state index contributed by atoms with van der Waals surface area (Å²) >= 11 is 0. The molecule has 28 heavy (non-hydrogen) atoms. The van der Waals surface area contributed by atoms with E-state index < -0.39 is 0 Å². The van der Waals surface area contributed by atoms with Crippen LogP contribution in [0.3, 0.4) is 0 Å². The van der Waals surface area contributed by atoms with E-state index in [2.05, 4.69) is 16.4 Å². The molecular weight excluding hydrogens is 356 g/mol. The Morgan fingerprint density at radius 2 is 2.07 bits per heavy atom. The minimum absolute atomic E-state index is 0.0545. The normalized spacial score (nSPS) is 18.7. The maximum absolute atomic E-state index is 11.0. The molecule has 6 nitrogen and oxygen atoms in total. The molecule has 148 valence electrons. The molecule has 1 fully saturated rings. The molecule has 0 spiro atoms. The minimum atomic E-state index is -0.0963. The van der Waals surface area contributed by atoms with E-state index in [1.54, 1.807) is 6.20 Å². The lowest BCUT2D eigenvalue weighted by molar-refractivity contribution is -0.119. The number of amides is 1. The van der Waals surface area contributed by atoms with Crippen LogP contribution in [0.25, 0.3) is 0 Å². The predicted molar refractivity (Wildman–Crippen MR) is 105 cm³/mol. The van der Waals surface area contributed by atoms with Gasteiger partial charge in [0.25, 0.3) is 0 Å². The van der Waals surface area contributed by atoms with Crippen LogP contribution in [0.5, 0.6) is 17.2 Å². The van der Waals surface area contributed by atoms with Crippen LogP contribution >= 0.6 is 0 Å². The molecule has 1 N–H and O–H groups in total. The number of rotatable bonds is 8. The number of carbonyl (C=O) groups excluding carboxylic acids is 1. The van der Waals surface area contributed by atoms with Crippen LogP contribution in [0.1, 0.15) is 44.1 Å². The number of carbonyl (C=O) groups is 1. The van der Waals surface area contributed by atoms with Crippen LogP contribution < -0.4 is 19.5 Å². The molecule has 6 heteroatoms. The molecule has 1 aliphatic carbocycles. The fourth-order valence-electron chi connectivity index (χ4n) is 3.24. The molecule has 2 aromatic rings. The van der Waals surface area contributed by atoms with Gasteiger partial charge in [-0.15, -0.1) is 0 Å². The summed E-state index contributed by atoms with van der Waals surface area (Å²) in [7, 11) is 0. The van der Waals surface area contributed by atoms with Crippen molar-refractivity contribution in [3.8, 4) is 17.2 Å². The molecule has 1 aliphatic heterocycles. The monoisotopic (exact) mass is 382 g/mol. The number of benzene rings is 1. The highest BCUT2D eigenvalue weighted by Crippen LogP contribution is 2.39. The molecule has 0 bridgehead atoms. The molecule has 0 radical (unpaired) electrons. The van der Waals surface area contributed by atoms with Crippen LogP contribution in [0.15, 0.2) is 36.5 Å². The van der Waals surface area contributed by atoms with Gasteiger partial charge < -0.3 is 19.5 Å². The summed E-state index contributed by atoms with van der Waals surface area (Å²) in [5, 5.41) is 2.79. The van der Waals surface area contributed by atoms with E-state index in [9.17, 15) is 4.79 Å². The summed E-state index contributed by atoms with van der Waals surface area (Å²) in [5.74, 6) is 3.09. The summed E-state index contributed by atoms with van der Waals surface area (Å²) in [4.78, 5) is 15.5.